The van der Waals surface area contributed by atoms with Crippen LogP contribution in [-0.2, 0) is 28.6 Å². The highest BCUT2D eigenvalue weighted by Crippen LogP contribution is 2.18. The Bertz CT molecular complexity index is 1660. The summed E-state index contributed by atoms with van der Waals surface area (Å²) in [6.07, 6.45) is 96.9. The molecule has 0 rings (SSSR count). The van der Waals surface area contributed by atoms with Crippen molar-refractivity contribution in [1.82, 2.24) is 0 Å². The molecule has 0 aromatic heterocycles. The van der Waals surface area contributed by atoms with Crippen molar-refractivity contribution in [2.45, 2.75) is 348 Å². The third-order valence-corrected chi connectivity index (χ3v) is 15.3. The van der Waals surface area contributed by atoms with Gasteiger partial charge in [-0.15, -0.1) is 0 Å². The van der Waals surface area contributed by atoms with Gasteiger partial charge in [-0.3, -0.25) is 14.4 Å². The van der Waals surface area contributed by atoms with Crippen LogP contribution in [0.15, 0.2) is 109 Å². The molecule has 0 radical (unpaired) electrons. The van der Waals surface area contributed by atoms with Crippen molar-refractivity contribution in [3.63, 3.8) is 0 Å². The van der Waals surface area contributed by atoms with E-state index in [1.165, 1.54) is 193 Å². The van der Waals surface area contributed by atoms with E-state index in [0.29, 0.717) is 19.3 Å². The second kappa shape index (κ2) is 70.6. The van der Waals surface area contributed by atoms with Gasteiger partial charge < -0.3 is 14.2 Å². The third kappa shape index (κ3) is 68.7. The number of hydrogen-bond donors (Lipinski definition) is 0. The zero-order chi connectivity index (χ0) is 59.9. The molecule has 0 aliphatic heterocycles. The topological polar surface area (TPSA) is 78.9 Å². The van der Waals surface area contributed by atoms with Gasteiger partial charge in [0.15, 0.2) is 6.10 Å². The van der Waals surface area contributed by atoms with Crippen LogP contribution in [0.1, 0.15) is 342 Å². The maximum atomic E-state index is 13.0. The first-order valence-corrected chi connectivity index (χ1v) is 35.4. The molecule has 0 saturated heterocycles. The molecule has 0 aromatic carbocycles. The van der Waals surface area contributed by atoms with Crippen LogP contribution in [0.25, 0.3) is 0 Å². The normalized spacial score (nSPS) is 12.8. The van der Waals surface area contributed by atoms with Crippen molar-refractivity contribution in [3.8, 4) is 0 Å². The number of hydrogen-bond acceptors (Lipinski definition) is 6. The molecule has 476 valence electrons. The maximum Gasteiger partial charge on any atom is 0.306 e. The molecule has 0 spiro atoms. The van der Waals surface area contributed by atoms with E-state index in [1.807, 2.05) is 0 Å². The molecule has 83 heavy (non-hydrogen) atoms. The Kier molecular flexibility index (Phi) is 67.2. The minimum Gasteiger partial charge on any atom is -0.462 e. The highest BCUT2D eigenvalue weighted by Gasteiger charge is 2.19. The van der Waals surface area contributed by atoms with Crippen molar-refractivity contribution in [2.75, 3.05) is 13.2 Å². The number of ether oxygens (including phenoxy) is 3. The molecule has 0 fully saturated rings. The first kappa shape index (κ1) is 79.1. The van der Waals surface area contributed by atoms with Gasteiger partial charge in [-0.2, -0.15) is 0 Å². The summed E-state index contributed by atoms with van der Waals surface area (Å²) >= 11 is 0. The molecular weight excluding hydrogens is 1020 g/mol. The van der Waals surface area contributed by atoms with E-state index in [9.17, 15) is 14.4 Å². The largest absolute Gasteiger partial charge is 0.462 e. The molecule has 6 nitrogen and oxygen atoms in total. The molecule has 0 amide bonds. The molecule has 1 atom stereocenters. The lowest BCUT2D eigenvalue weighted by Crippen LogP contribution is -2.30. The SMILES string of the molecule is CC/C=C\C/C=C\C/C=C\C/C=C\C/C=C\C/C=C\C/C=C\C/C=C\C/C=C\CCCC(=O)OCC(COC(=O)CCCCCCCCCCCCCCCCC)OC(=O)CCCCCCCCCCCCCCCCCCCCCCC. The van der Waals surface area contributed by atoms with E-state index in [1.54, 1.807) is 0 Å². The lowest BCUT2D eigenvalue weighted by Gasteiger charge is -2.18. The van der Waals surface area contributed by atoms with Gasteiger partial charge in [0.25, 0.3) is 0 Å². The van der Waals surface area contributed by atoms with Gasteiger partial charge in [0, 0.05) is 19.3 Å². The Labute approximate surface area is 514 Å². The Balaban J connectivity index is 4.42. The van der Waals surface area contributed by atoms with Crippen molar-refractivity contribution in [2.24, 2.45) is 0 Å². The van der Waals surface area contributed by atoms with Crippen molar-refractivity contribution < 1.29 is 28.6 Å². The second-order valence-corrected chi connectivity index (χ2v) is 23.4. The summed E-state index contributed by atoms with van der Waals surface area (Å²) < 4.78 is 16.9. The summed E-state index contributed by atoms with van der Waals surface area (Å²) in [6, 6.07) is 0. The van der Waals surface area contributed by atoms with Crippen LogP contribution in [0.5, 0.6) is 0 Å². The Hall–Kier alpha value is -3.93. The Morgan fingerprint density at radius 2 is 0.470 bits per heavy atom. The average molecular weight is 1150 g/mol. The minimum atomic E-state index is -0.801. The summed E-state index contributed by atoms with van der Waals surface area (Å²) in [7, 11) is 0. The van der Waals surface area contributed by atoms with Crippen LogP contribution < -0.4 is 0 Å². The number of esters is 3. The highest BCUT2D eigenvalue weighted by atomic mass is 16.6. The quantitative estimate of drug-likeness (QED) is 0.0261. The van der Waals surface area contributed by atoms with Gasteiger partial charge in [0.1, 0.15) is 13.2 Å². The van der Waals surface area contributed by atoms with Gasteiger partial charge in [-0.25, -0.2) is 0 Å². The number of unbranched alkanes of at least 4 members (excludes halogenated alkanes) is 35. The number of carbonyl (C=O) groups is 3. The average Bonchev–Trinajstić information content (AvgIpc) is 3.49. The standard InChI is InChI=1S/C77H132O6/c1-4-7-10-13-16-19-22-25-28-30-32-34-35-36-37-38-39-40-41-43-44-46-49-52-55-58-61-64-67-70-76(79)82-73-74(72-81-75(78)69-66-63-60-57-54-51-48-27-24-21-18-15-12-9-6-3)83-77(80)71-68-65-62-59-56-53-50-47-45-42-33-31-29-26-23-20-17-14-11-8-5-2/h7,10,16,19,25,28,32,34,36-37,39-40,43-44,49,52,58,61,74H,4-6,8-9,11-15,17-18,20-24,26-27,29-31,33,35,38,41-42,45-48,50-51,53-57,59-60,62-73H2,1-3H3/b10-7-,19-16-,28-25-,34-32-,37-36-,40-39-,44-43-,52-49-,61-58-. The fourth-order valence-corrected chi connectivity index (χ4v) is 10.0. The van der Waals surface area contributed by atoms with E-state index >= 15 is 0 Å². The van der Waals surface area contributed by atoms with Crippen LogP contribution in [0.2, 0.25) is 0 Å². The molecule has 1 unspecified atom stereocenters. The fraction of sp³-hybridized carbons (Fsp3) is 0.727. The van der Waals surface area contributed by atoms with Gasteiger partial charge >= 0.3 is 17.9 Å². The third-order valence-electron chi connectivity index (χ3n) is 15.3. The predicted octanol–water partition coefficient (Wildman–Crippen LogP) is 24.6. The van der Waals surface area contributed by atoms with E-state index in [2.05, 4.69) is 130 Å². The molecule has 0 aliphatic rings. The van der Waals surface area contributed by atoms with E-state index in [4.69, 9.17) is 14.2 Å². The van der Waals surface area contributed by atoms with Gasteiger partial charge in [0.2, 0.25) is 0 Å². The zero-order valence-corrected chi connectivity index (χ0v) is 54.7. The number of rotatable bonds is 64. The van der Waals surface area contributed by atoms with Gasteiger partial charge in [-0.1, -0.05) is 348 Å². The number of carbonyl (C=O) groups excluding carboxylic acids is 3. The maximum absolute atomic E-state index is 13.0. The van der Waals surface area contributed by atoms with Crippen LogP contribution in [0, 0.1) is 0 Å². The predicted molar refractivity (Wildman–Crippen MR) is 362 cm³/mol. The second-order valence-electron chi connectivity index (χ2n) is 23.4. The summed E-state index contributed by atoms with van der Waals surface area (Å²) in [6.45, 7) is 6.53. The van der Waals surface area contributed by atoms with Crippen molar-refractivity contribution >= 4 is 17.9 Å². The molecule has 0 aliphatic carbocycles. The molecule has 0 heterocycles. The summed E-state index contributed by atoms with van der Waals surface area (Å²) in [5, 5.41) is 0. The highest BCUT2D eigenvalue weighted by molar-refractivity contribution is 5.71. The molecular formula is C77H132O6. The molecule has 6 heteroatoms. The van der Waals surface area contributed by atoms with Crippen LogP contribution in [0.3, 0.4) is 0 Å². The Morgan fingerprint density at radius 1 is 0.253 bits per heavy atom. The molecule has 0 aromatic rings. The lowest BCUT2D eigenvalue weighted by molar-refractivity contribution is -0.167. The molecule has 0 saturated carbocycles. The van der Waals surface area contributed by atoms with Gasteiger partial charge in [0.05, 0.1) is 0 Å². The zero-order valence-electron chi connectivity index (χ0n) is 54.7. The smallest absolute Gasteiger partial charge is 0.306 e. The fourth-order valence-electron chi connectivity index (χ4n) is 10.0. The summed E-state index contributed by atoms with van der Waals surface area (Å²) in [5.41, 5.74) is 0. The van der Waals surface area contributed by atoms with Crippen LogP contribution >= 0.6 is 0 Å². The number of allylic oxidation sites excluding steroid dienone is 18. The van der Waals surface area contributed by atoms with E-state index in [-0.39, 0.29) is 37.5 Å². The van der Waals surface area contributed by atoms with E-state index < -0.39 is 6.10 Å². The lowest BCUT2D eigenvalue weighted by atomic mass is 10.0. The molecule has 0 bridgehead atoms. The first-order valence-electron chi connectivity index (χ1n) is 35.4. The minimum absolute atomic E-state index is 0.0918. The van der Waals surface area contributed by atoms with Crippen LogP contribution in [0.4, 0.5) is 0 Å². The first-order chi connectivity index (χ1) is 41.0. The van der Waals surface area contributed by atoms with Crippen LogP contribution in [-0.4, -0.2) is 37.2 Å². The van der Waals surface area contributed by atoms with Gasteiger partial charge in [-0.05, 0) is 83.5 Å². The monoisotopic (exact) mass is 1150 g/mol. The summed E-state index contributed by atoms with van der Waals surface area (Å²) in [5.74, 6) is -0.937. The summed E-state index contributed by atoms with van der Waals surface area (Å²) in [4.78, 5) is 38.4. The molecule has 0 N–H and O–H groups in total. The van der Waals surface area contributed by atoms with Crippen molar-refractivity contribution in [3.05, 3.63) is 109 Å². The van der Waals surface area contributed by atoms with Crippen molar-refractivity contribution in [1.29, 1.82) is 0 Å². The van der Waals surface area contributed by atoms with E-state index in [0.717, 1.165) is 103 Å². The Morgan fingerprint density at radius 3 is 0.735 bits per heavy atom.